The number of amides is 1. The predicted molar refractivity (Wildman–Crippen MR) is 108 cm³/mol. The van der Waals surface area contributed by atoms with Crippen LogP contribution in [0.4, 0.5) is 11.4 Å². The fraction of sp³-hybridized carbons (Fsp3) is 0.211. The molecule has 0 spiro atoms. The molecule has 0 aliphatic carbocycles. The number of aromatic nitrogens is 3. The largest absolute Gasteiger partial charge is 0.495 e. The number of fused-ring (bicyclic) bond motifs is 1. The molecule has 1 aromatic heterocycles. The lowest BCUT2D eigenvalue weighted by Crippen LogP contribution is -2.34. The number of nitro benzene ring substituents is 1. The Balaban J connectivity index is 1.68. The summed E-state index contributed by atoms with van der Waals surface area (Å²) in [4.78, 5) is 47.3. The molecule has 2 aromatic carbocycles. The first-order valence-corrected chi connectivity index (χ1v) is 8.95. The van der Waals surface area contributed by atoms with E-state index in [0.717, 1.165) is 10.7 Å². The van der Waals surface area contributed by atoms with Crippen LogP contribution in [-0.2, 0) is 20.9 Å². The number of nitrogens with zero attached hydrogens (tertiary/aromatic N) is 4. The van der Waals surface area contributed by atoms with Gasteiger partial charge in [-0.1, -0.05) is 17.3 Å². The number of carbonyl (C=O) groups is 2. The number of carbonyl (C=O) groups excluding carboxylic acids is 2. The van der Waals surface area contributed by atoms with Crippen LogP contribution in [0.25, 0.3) is 10.9 Å². The Bertz CT molecular complexity index is 1220. The van der Waals surface area contributed by atoms with Crippen LogP contribution >= 0.6 is 0 Å². The first-order chi connectivity index (χ1) is 14.8. The van der Waals surface area contributed by atoms with Crippen LogP contribution in [0.1, 0.15) is 6.92 Å². The maximum absolute atomic E-state index is 12.4. The van der Waals surface area contributed by atoms with E-state index in [9.17, 15) is 24.5 Å². The topological polar surface area (TPSA) is 156 Å². The van der Waals surface area contributed by atoms with Crippen molar-refractivity contribution in [2.45, 2.75) is 19.6 Å². The highest BCUT2D eigenvalue weighted by Gasteiger charge is 2.21. The molecule has 0 radical (unpaired) electrons. The smallest absolute Gasteiger partial charge is 0.328 e. The van der Waals surface area contributed by atoms with Gasteiger partial charge in [0.15, 0.2) is 6.10 Å². The molecule has 0 aliphatic heterocycles. The highest BCUT2D eigenvalue weighted by atomic mass is 16.6. The van der Waals surface area contributed by atoms with Gasteiger partial charge in [-0.2, -0.15) is 4.68 Å². The fourth-order valence-electron chi connectivity index (χ4n) is 2.68. The van der Waals surface area contributed by atoms with E-state index < -0.39 is 35.0 Å². The maximum Gasteiger partial charge on any atom is 0.328 e. The van der Waals surface area contributed by atoms with Gasteiger partial charge in [-0.05, 0) is 25.1 Å². The van der Waals surface area contributed by atoms with Gasteiger partial charge >= 0.3 is 5.97 Å². The summed E-state index contributed by atoms with van der Waals surface area (Å²) in [5.74, 6) is -1.44. The Hall–Kier alpha value is -4.35. The maximum atomic E-state index is 12.4. The molecule has 0 saturated carbocycles. The second-order valence-electron chi connectivity index (χ2n) is 6.33. The van der Waals surface area contributed by atoms with Crippen LogP contribution in [0.5, 0.6) is 5.75 Å². The molecule has 12 heteroatoms. The van der Waals surface area contributed by atoms with Gasteiger partial charge in [-0.25, -0.2) is 0 Å². The number of hydrogen-bond donors (Lipinski definition) is 1. The molecule has 0 fully saturated rings. The minimum Gasteiger partial charge on any atom is -0.495 e. The van der Waals surface area contributed by atoms with Gasteiger partial charge in [-0.15, -0.1) is 5.10 Å². The molecular formula is C19H17N5O7. The minimum atomic E-state index is -1.26. The van der Waals surface area contributed by atoms with Crippen molar-refractivity contribution in [1.82, 2.24) is 15.0 Å². The predicted octanol–water partition coefficient (Wildman–Crippen LogP) is 1.28. The third-order valence-corrected chi connectivity index (χ3v) is 4.24. The van der Waals surface area contributed by atoms with Crippen LogP contribution in [0, 0.1) is 10.1 Å². The van der Waals surface area contributed by atoms with Crippen molar-refractivity contribution in [2.75, 3.05) is 12.4 Å². The molecule has 3 aromatic rings. The number of non-ortho nitro benzene ring substituents is 1. The molecule has 12 nitrogen and oxygen atoms in total. The molecule has 0 aliphatic rings. The van der Waals surface area contributed by atoms with Crippen molar-refractivity contribution >= 4 is 34.2 Å². The standard InChI is InChI=1S/C19H17N5O7/c1-11(18(26)20-15-9-12(24(28)29)7-8-16(15)30-2)31-17(25)10-23-19(27)13-5-3-4-6-14(13)21-22-23/h3-9,11H,10H2,1-2H3,(H,20,26). The van der Waals surface area contributed by atoms with Gasteiger partial charge in [-0.3, -0.25) is 24.5 Å². The van der Waals surface area contributed by atoms with Gasteiger partial charge in [0.1, 0.15) is 17.8 Å². The summed E-state index contributed by atoms with van der Waals surface area (Å²) in [6.45, 7) is 0.764. The summed E-state index contributed by atoms with van der Waals surface area (Å²) in [5.41, 5.74) is -0.354. The van der Waals surface area contributed by atoms with Gasteiger partial charge in [0.25, 0.3) is 17.2 Å². The van der Waals surface area contributed by atoms with Gasteiger partial charge in [0.05, 0.1) is 23.1 Å². The quantitative estimate of drug-likeness (QED) is 0.333. The summed E-state index contributed by atoms with van der Waals surface area (Å²) in [7, 11) is 1.34. The lowest BCUT2D eigenvalue weighted by atomic mass is 10.2. The van der Waals surface area contributed by atoms with Gasteiger partial charge < -0.3 is 14.8 Å². The van der Waals surface area contributed by atoms with Crippen LogP contribution in [0.15, 0.2) is 47.3 Å². The van der Waals surface area contributed by atoms with Crippen molar-refractivity contribution in [3.63, 3.8) is 0 Å². The average Bonchev–Trinajstić information content (AvgIpc) is 2.75. The summed E-state index contributed by atoms with van der Waals surface area (Å²) in [6.07, 6.45) is -1.26. The van der Waals surface area contributed by atoms with E-state index in [1.807, 2.05) is 0 Å². The Labute approximate surface area is 174 Å². The van der Waals surface area contributed by atoms with Crippen LogP contribution in [0.3, 0.4) is 0 Å². The summed E-state index contributed by atoms with van der Waals surface area (Å²) >= 11 is 0. The van der Waals surface area contributed by atoms with E-state index in [-0.39, 0.29) is 22.5 Å². The molecular weight excluding hydrogens is 410 g/mol. The number of benzene rings is 2. The fourth-order valence-corrected chi connectivity index (χ4v) is 2.68. The number of methoxy groups -OCH3 is 1. The summed E-state index contributed by atoms with van der Waals surface area (Å²) in [6, 6.07) is 10.2. The molecule has 0 saturated heterocycles. The number of rotatable bonds is 7. The van der Waals surface area contributed by atoms with Crippen LogP contribution < -0.4 is 15.6 Å². The third kappa shape index (κ3) is 4.80. The Morgan fingerprint density at radius 1 is 1.26 bits per heavy atom. The SMILES string of the molecule is COc1ccc([N+](=O)[O-])cc1NC(=O)C(C)OC(=O)Cn1nnc2ccccc2c1=O. The Morgan fingerprint density at radius 3 is 2.71 bits per heavy atom. The molecule has 1 N–H and O–H groups in total. The molecule has 1 atom stereocenters. The second-order valence-corrected chi connectivity index (χ2v) is 6.33. The first-order valence-electron chi connectivity index (χ1n) is 8.95. The number of anilines is 1. The number of esters is 1. The van der Waals surface area contributed by atoms with E-state index in [1.54, 1.807) is 24.3 Å². The molecule has 3 rings (SSSR count). The van der Waals surface area contributed by atoms with Crippen molar-refractivity contribution in [1.29, 1.82) is 0 Å². The highest BCUT2D eigenvalue weighted by Crippen LogP contribution is 2.29. The first kappa shape index (κ1) is 21.4. The number of hydrogen-bond acceptors (Lipinski definition) is 9. The molecule has 0 bridgehead atoms. The minimum absolute atomic E-state index is 0.0428. The van der Waals surface area contributed by atoms with E-state index in [2.05, 4.69) is 15.6 Å². The summed E-state index contributed by atoms with van der Waals surface area (Å²) in [5, 5.41) is 21.2. The molecule has 160 valence electrons. The zero-order chi connectivity index (χ0) is 22.5. The molecule has 1 amide bonds. The molecule has 31 heavy (non-hydrogen) atoms. The van der Waals surface area contributed by atoms with E-state index in [1.165, 1.54) is 26.2 Å². The number of nitrogens with one attached hydrogen (secondary N) is 1. The number of nitro groups is 1. The third-order valence-electron chi connectivity index (χ3n) is 4.24. The molecule has 1 heterocycles. The van der Waals surface area contributed by atoms with Crippen molar-refractivity contribution in [3.8, 4) is 5.75 Å². The second kappa shape index (κ2) is 8.98. The Kier molecular flexibility index (Phi) is 6.19. The Morgan fingerprint density at radius 2 is 2.00 bits per heavy atom. The van der Waals surface area contributed by atoms with Crippen molar-refractivity contribution in [2.24, 2.45) is 0 Å². The van der Waals surface area contributed by atoms with Crippen molar-refractivity contribution in [3.05, 3.63) is 62.9 Å². The lowest BCUT2D eigenvalue weighted by molar-refractivity contribution is -0.384. The van der Waals surface area contributed by atoms with Gasteiger partial charge in [0.2, 0.25) is 0 Å². The summed E-state index contributed by atoms with van der Waals surface area (Å²) < 4.78 is 11.0. The van der Waals surface area contributed by atoms with E-state index in [0.29, 0.717) is 5.52 Å². The number of ether oxygens (including phenoxy) is 2. The van der Waals surface area contributed by atoms with Gasteiger partial charge in [0, 0.05) is 12.1 Å². The lowest BCUT2D eigenvalue weighted by Gasteiger charge is -2.15. The van der Waals surface area contributed by atoms with E-state index >= 15 is 0 Å². The average molecular weight is 427 g/mol. The van der Waals surface area contributed by atoms with Crippen molar-refractivity contribution < 1.29 is 24.0 Å². The monoisotopic (exact) mass is 427 g/mol. The zero-order valence-electron chi connectivity index (χ0n) is 16.5. The molecule has 1 unspecified atom stereocenters. The van der Waals surface area contributed by atoms with Crippen LogP contribution in [-0.4, -0.2) is 45.0 Å². The normalized spacial score (nSPS) is 11.5. The zero-order valence-corrected chi connectivity index (χ0v) is 16.5. The highest BCUT2D eigenvalue weighted by molar-refractivity contribution is 5.96. The van der Waals surface area contributed by atoms with Crippen LogP contribution in [0.2, 0.25) is 0 Å². The van der Waals surface area contributed by atoms with E-state index in [4.69, 9.17) is 9.47 Å².